The number of rotatable bonds is 8. The molecule has 4 aromatic rings. The Bertz CT molecular complexity index is 1530. The molecular weight excluding hydrogens is 511 g/mol. The highest BCUT2D eigenvalue weighted by atomic mass is 19.4. The number of carbonyl (C=O) groups is 2. The number of nitrogens with zero attached hydrogens (tertiary/aromatic N) is 2. The van der Waals surface area contributed by atoms with Crippen molar-refractivity contribution < 1.29 is 32.0 Å². The summed E-state index contributed by atoms with van der Waals surface area (Å²) in [6.45, 7) is 5.73. The number of anilines is 2. The Morgan fingerprint density at radius 2 is 1.85 bits per heavy atom. The maximum Gasteiger partial charge on any atom is 0.405 e. The van der Waals surface area contributed by atoms with Gasteiger partial charge in [0.2, 0.25) is 18.3 Å². The molecule has 2 aromatic heterocycles. The average Bonchev–Trinajstić information content (AvgIpc) is 3.30. The predicted molar refractivity (Wildman–Crippen MR) is 142 cm³/mol. The molecule has 0 spiro atoms. The van der Waals surface area contributed by atoms with Crippen molar-refractivity contribution in [2.45, 2.75) is 26.1 Å². The number of ether oxygens (including phenoxy) is 1. The highest BCUT2D eigenvalue weighted by Crippen LogP contribution is 2.30. The van der Waals surface area contributed by atoms with Gasteiger partial charge in [0.25, 0.3) is 0 Å². The van der Waals surface area contributed by atoms with Gasteiger partial charge in [0.15, 0.2) is 0 Å². The van der Waals surface area contributed by atoms with Crippen molar-refractivity contribution in [1.82, 2.24) is 9.83 Å². The van der Waals surface area contributed by atoms with Crippen molar-refractivity contribution in [3.05, 3.63) is 85.8 Å². The highest BCUT2D eigenvalue weighted by molar-refractivity contribution is 6.01. The number of halogens is 3. The second-order valence-electron chi connectivity index (χ2n) is 8.90. The average molecular weight is 539 g/mol. The van der Waals surface area contributed by atoms with Gasteiger partial charge in [-0.2, -0.15) is 13.2 Å². The monoisotopic (exact) mass is 538 g/mol. The molecule has 8 nitrogen and oxygen atoms in total. The van der Waals surface area contributed by atoms with Crippen LogP contribution in [0.4, 0.5) is 29.3 Å². The lowest BCUT2D eigenvalue weighted by Crippen LogP contribution is -2.36. The van der Waals surface area contributed by atoms with Crippen LogP contribution in [0.25, 0.3) is 22.4 Å². The van der Waals surface area contributed by atoms with E-state index in [0.717, 1.165) is 16.8 Å². The maximum absolute atomic E-state index is 12.5. The minimum Gasteiger partial charge on any atom is -0.491 e. The Labute approximate surface area is 222 Å². The molecule has 0 saturated carbocycles. The first-order valence-corrected chi connectivity index (χ1v) is 12.0. The lowest BCUT2D eigenvalue weighted by Gasteiger charge is -2.14. The van der Waals surface area contributed by atoms with Gasteiger partial charge in [0.05, 0.1) is 17.9 Å². The number of aromatic nitrogens is 2. The molecule has 0 atom stereocenters. The van der Waals surface area contributed by atoms with Crippen LogP contribution in [0.5, 0.6) is 5.75 Å². The predicted octanol–water partition coefficient (Wildman–Crippen LogP) is 5.45. The number of alkyl halides is 3. The van der Waals surface area contributed by atoms with E-state index in [1.807, 2.05) is 71.8 Å². The first-order valence-electron chi connectivity index (χ1n) is 12.0. The maximum atomic E-state index is 12.5. The highest BCUT2D eigenvalue weighted by Gasteiger charge is 2.27. The Morgan fingerprint density at radius 1 is 1.08 bits per heavy atom. The largest absolute Gasteiger partial charge is 0.491 e. The van der Waals surface area contributed by atoms with Gasteiger partial charge in [-0.05, 0) is 44.2 Å². The van der Waals surface area contributed by atoms with E-state index in [2.05, 4.69) is 17.2 Å². The van der Waals surface area contributed by atoms with E-state index < -0.39 is 18.8 Å². The lowest BCUT2D eigenvalue weighted by atomic mass is 10.1. The van der Waals surface area contributed by atoms with Gasteiger partial charge in [-0.3, -0.25) is 4.79 Å². The van der Waals surface area contributed by atoms with Crippen LogP contribution in [0, 0.1) is 0 Å². The topological polar surface area (TPSA) is 88.0 Å². The van der Waals surface area contributed by atoms with Crippen LogP contribution in [0.15, 0.2) is 85.8 Å². The third-order valence-electron chi connectivity index (χ3n) is 5.51. The smallest absolute Gasteiger partial charge is 0.405 e. The summed E-state index contributed by atoms with van der Waals surface area (Å²) in [5.41, 5.74) is 3.97. The van der Waals surface area contributed by atoms with Crippen molar-refractivity contribution in [2.24, 2.45) is 0 Å². The van der Waals surface area contributed by atoms with Gasteiger partial charge in [-0.25, -0.2) is 4.79 Å². The van der Waals surface area contributed by atoms with Crippen LogP contribution in [0.2, 0.25) is 0 Å². The first kappa shape index (κ1) is 27.2. The normalized spacial score (nSPS) is 11.3. The standard InChI is InChI=1S/C28H26F3N5O3/c1-4-26(37)34-24-8-6-5-7-23(24)19-9-12-36-25(10-11-35(36)16-19)20-13-21(15-22(14-20)39-18(2)3)33-27(38)32-17-28(29,30)31/h4-16,18H,1,17H2,2-3H3,(H2-,32,33,34,37,38)/p+1. The SMILES string of the molecule is C=CC(=O)Nc1ccccc1-c1ccn2c(-c3cc(NC(=O)NCC(F)(F)F)cc(OC(C)C)c3)cc[n+]2c1. The molecule has 3 N–H and O–H groups in total. The number of fused-ring (bicyclic) bond motifs is 1. The Kier molecular flexibility index (Phi) is 7.89. The summed E-state index contributed by atoms with van der Waals surface area (Å²) in [6.07, 6.45) is 2.08. The number of amides is 3. The molecule has 11 heteroatoms. The van der Waals surface area contributed by atoms with Crippen LogP contribution < -0.4 is 25.2 Å². The molecular formula is C28H27F3N5O3+. The van der Waals surface area contributed by atoms with Crippen LogP contribution in [0.1, 0.15) is 13.8 Å². The van der Waals surface area contributed by atoms with Crippen molar-refractivity contribution in [1.29, 1.82) is 0 Å². The summed E-state index contributed by atoms with van der Waals surface area (Å²) in [4.78, 5) is 24.0. The minimum absolute atomic E-state index is 0.171. The molecule has 2 heterocycles. The van der Waals surface area contributed by atoms with E-state index in [9.17, 15) is 22.8 Å². The fourth-order valence-electron chi connectivity index (χ4n) is 3.95. The molecule has 39 heavy (non-hydrogen) atoms. The van der Waals surface area contributed by atoms with E-state index >= 15 is 0 Å². The van der Waals surface area contributed by atoms with Crippen molar-refractivity contribution >= 4 is 23.3 Å². The van der Waals surface area contributed by atoms with E-state index in [1.54, 1.807) is 29.6 Å². The van der Waals surface area contributed by atoms with E-state index in [1.165, 1.54) is 6.08 Å². The zero-order valence-corrected chi connectivity index (χ0v) is 21.3. The summed E-state index contributed by atoms with van der Waals surface area (Å²) in [5, 5.41) is 7.06. The Morgan fingerprint density at radius 3 is 2.56 bits per heavy atom. The molecule has 0 aliphatic rings. The number of para-hydroxylation sites is 1. The molecule has 0 bridgehead atoms. The van der Waals surface area contributed by atoms with Crippen molar-refractivity contribution in [3.8, 4) is 28.1 Å². The van der Waals surface area contributed by atoms with Crippen molar-refractivity contribution in [3.63, 3.8) is 0 Å². The Balaban J connectivity index is 1.68. The third kappa shape index (κ3) is 6.95. The van der Waals surface area contributed by atoms with Gasteiger partial charge < -0.3 is 20.7 Å². The molecule has 2 aromatic carbocycles. The van der Waals surface area contributed by atoms with Gasteiger partial charge in [0.1, 0.15) is 18.0 Å². The molecule has 0 unspecified atom stereocenters. The number of benzene rings is 2. The summed E-state index contributed by atoms with van der Waals surface area (Å²) in [6, 6.07) is 15.1. The fraction of sp³-hybridized carbons (Fsp3) is 0.179. The second-order valence-corrected chi connectivity index (χ2v) is 8.90. The molecule has 3 amide bonds. The fourth-order valence-corrected chi connectivity index (χ4v) is 3.95. The van der Waals surface area contributed by atoms with Gasteiger partial charge in [-0.15, -0.1) is 4.52 Å². The molecule has 202 valence electrons. The zero-order valence-electron chi connectivity index (χ0n) is 21.3. The molecule has 0 aliphatic heterocycles. The summed E-state index contributed by atoms with van der Waals surface area (Å²) in [5.74, 6) is 0.123. The summed E-state index contributed by atoms with van der Waals surface area (Å²) < 4.78 is 47.0. The Hall–Kier alpha value is -4.80. The van der Waals surface area contributed by atoms with Crippen LogP contribution >= 0.6 is 0 Å². The third-order valence-corrected chi connectivity index (χ3v) is 5.51. The van der Waals surface area contributed by atoms with Gasteiger partial charge >= 0.3 is 12.2 Å². The number of carbonyl (C=O) groups excluding carboxylic acids is 2. The number of nitrogens with one attached hydrogen (secondary N) is 3. The van der Waals surface area contributed by atoms with E-state index in [4.69, 9.17) is 4.74 Å². The number of hydrogen-bond donors (Lipinski definition) is 3. The molecule has 4 rings (SSSR count). The summed E-state index contributed by atoms with van der Waals surface area (Å²) in [7, 11) is 0. The minimum atomic E-state index is -4.52. The van der Waals surface area contributed by atoms with Crippen LogP contribution in [-0.2, 0) is 4.79 Å². The van der Waals surface area contributed by atoms with E-state index in [-0.39, 0.29) is 17.7 Å². The quantitative estimate of drug-likeness (QED) is 0.206. The zero-order chi connectivity index (χ0) is 28.2. The second kappa shape index (κ2) is 11.3. The number of hydrogen-bond acceptors (Lipinski definition) is 3. The first-order chi connectivity index (χ1) is 18.5. The van der Waals surface area contributed by atoms with Crippen LogP contribution in [-0.4, -0.2) is 35.3 Å². The molecule has 0 radical (unpaired) electrons. The summed E-state index contributed by atoms with van der Waals surface area (Å²) >= 11 is 0. The van der Waals surface area contributed by atoms with Crippen LogP contribution in [0.3, 0.4) is 0 Å². The number of urea groups is 1. The molecule has 0 saturated heterocycles. The van der Waals surface area contributed by atoms with E-state index in [0.29, 0.717) is 17.0 Å². The molecule has 0 aliphatic carbocycles. The molecule has 0 fully saturated rings. The van der Waals surface area contributed by atoms with Gasteiger partial charge in [0, 0.05) is 34.6 Å². The lowest BCUT2D eigenvalue weighted by molar-refractivity contribution is -0.616. The van der Waals surface area contributed by atoms with Crippen molar-refractivity contribution in [2.75, 3.05) is 17.2 Å². The van der Waals surface area contributed by atoms with Gasteiger partial charge in [-0.1, -0.05) is 29.3 Å².